The SMILES string of the molecule is CC(C)(C)N(CCc1ccccc1I)C(=O)O. The van der Waals surface area contributed by atoms with Crippen molar-refractivity contribution in [2.75, 3.05) is 6.54 Å². The standard InChI is InChI=1S/C13H18INO2/c1-13(2,3)15(12(16)17)9-8-10-6-4-5-7-11(10)14/h4-7H,8-9H2,1-3H3,(H,16,17). The maximum absolute atomic E-state index is 11.2. The molecule has 0 heterocycles. The molecule has 0 aliphatic carbocycles. The molecule has 0 atom stereocenters. The van der Waals surface area contributed by atoms with Gasteiger partial charge in [0.1, 0.15) is 0 Å². The zero-order valence-corrected chi connectivity index (χ0v) is 12.6. The Labute approximate surface area is 116 Å². The monoisotopic (exact) mass is 347 g/mol. The molecular formula is C13H18INO2. The summed E-state index contributed by atoms with van der Waals surface area (Å²) in [7, 11) is 0. The summed E-state index contributed by atoms with van der Waals surface area (Å²) >= 11 is 2.28. The lowest BCUT2D eigenvalue weighted by Crippen LogP contribution is -2.46. The normalized spacial score (nSPS) is 11.3. The maximum Gasteiger partial charge on any atom is 0.407 e. The Kier molecular flexibility index (Phi) is 4.80. The van der Waals surface area contributed by atoms with Gasteiger partial charge < -0.3 is 10.0 Å². The molecule has 0 bridgehead atoms. The first-order valence-electron chi connectivity index (χ1n) is 5.56. The molecule has 0 aromatic heterocycles. The molecule has 1 rings (SSSR count). The summed E-state index contributed by atoms with van der Waals surface area (Å²) < 4.78 is 1.18. The van der Waals surface area contributed by atoms with Crippen LogP contribution >= 0.6 is 22.6 Å². The highest BCUT2D eigenvalue weighted by Gasteiger charge is 2.25. The molecule has 0 aliphatic rings. The van der Waals surface area contributed by atoms with Crippen molar-refractivity contribution < 1.29 is 9.90 Å². The van der Waals surface area contributed by atoms with Crippen LogP contribution in [0.15, 0.2) is 24.3 Å². The summed E-state index contributed by atoms with van der Waals surface area (Å²) in [6, 6.07) is 8.06. The van der Waals surface area contributed by atoms with Crippen LogP contribution in [-0.2, 0) is 6.42 Å². The van der Waals surface area contributed by atoms with Gasteiger partial charge in [-0.2, -0.15) is 0 Å². The largest absolute Gasteiger partial charge is 0.465 e. The predicted octanol–water partition coefficient (Wildman–Crippen LogP) is 3.61. The molecule has 0 spiro atoms. The van der Waals surface area contributed by atoms with E-state index in [9.17, 15) is 9.90 Å². The van der Waals surface area contributed by atoms with Crippen molar-refractivity contribution in [3.8, 4) is 0 Å². The summed E-state index contributed by atoms with van der Waals surface area (Å²) in [5, 5.41) is 9.18. The Morgan fingerprint density at radius 3 is 2.41 bits per heavy atom. The van der Waals surface area contributed by atoms with Crippen LogP contribution in [0.2, 0.25) is 0 Å². The van der Waals surface area contributed by atoms with Crippen LogP contribution in [0.25, 0.3) is 0 Å². The molecule has 4 heteroatoms. The zero-order chi connectivity index (χ0) is 13.1. The number of benzene rings is 1. The fraction of sp³-hybridized carbons (Fsp3) is 0.462. The van der Waals surface area contributed by atoms with E-state index in [1.54, 1.807) is 0 Å². The van der Waals surface area contributed by atoms with E-state index in [1.807, 2.05) is 45.0 Å². The van der Waals surface area contributed by atoms with Gasteiger partial charge in [-0.3, -0.25) is 0 Å². The second kappa shape index (κ2) is 5.71. The summed E-state index contributed by atoms with van der Waals surface area (Å²) in [5.41, 5.74) is 0.843. The highest BCUT2D eigenvalue weighted by atomic mass is 127. The van der Waals surface area contributed by atoms with Gasteiger partial charge in [-0.05, 0) is 61.4 Å². The van der Waals surface area contributed by atoms with Gasteiger partial charge in [0.25, 0.3) is 0 Å². The fourth-order valence-electron chi connectivity index (χ4n) is 1.65. The topological polar surface area (TPSA) is 40.5 Å². The van der Waals surface area contributed by atoms with E-state index in [2.05, 4.69) is 22.6 Å². The molecule has 1 aromatic carbocycles. The number of nitrogens with zero attached hydrogens (tertiary/aromatic N) is 1. The molecule has 1 amide bonds. The highest BCUT2D eigenvalue weighted by molar-refractivity contribution is 14.1. The molecule has 0 fully saturated rings. The quantitative estimate of drug-likeness (QED) is 0.849. The van der Waals surface area contributed by atoms with Crippen LogP contribution < -0.4 is 0 Å². The van der Waals surface area contributed by atoms with E-state index < -0.39 is 6.09 Å². The first-order chi connectivity index (χ1) is 7.82. The third-order valence-electron chi connectivity index (χ3n) is 2.60. The van der Waals surface area contributed by atoms with Crippen molar-refractivity contribution in [3.63, 3.8) is 0 Å². The number of hydrogen-bond donors (Lipinski definition) is 1. The minimum absolute atomic E-state index is 0.355. The smallest absolute Gasteiger partial charge is 0.407 e. The van der Waals surface area contributed by atoms with Crippen LogP contribution in [0.1, 0.15) is 26.3 Å². The minimum Gasteiger partial charge on any atom is -0.465 e. The van der Waals surface area contributed by atoms with Crippen molar-refractivity contribution in [3.05, 3.63) is 33.4 Å². The van der Waals surface area contributed by atoms with Gasteiger partial charge in [0.05, 0.1) is 0 Å². The third-order valence-corrected chi connectivity index (χ3v) is 3.66. The fourth-order valence-corrected chi connectivity index (χ4v) is 2.31. The van der Waals surface area contributed by atoms with Crippen molar-refractivity contribution in [1.29, 1.82) is 0 Å². The van der Waals surface area contributed by atoms with Gasteiger partial charge in [0, 0.05) is 15.7 Å². The Morgan fingerprint density at radius 1 is 1.35 bits per heavy atom. The lowest BCUT2D eigenvalue weighted by molar-refractivity contribution is 0.101. The molecule has 0 aliphatic heterocycles. The number of halogens is 1. The molecule has 0 unspecified atom stereocenters. The molecule has 0 saturated heterocycles. The Bertz CT molecular complexity index is 399. The molecule has 0 radical (unpaired) electrons. The second-order valence-corrected chi connectivity index (χ2v) is 6.11. The van der Waals surface area contributed by atoms with Gasteiger partial charge in [-0.15, -0.1) is 0 Å². The van der Waals surface area contributed by atoms with E-state index in [4.69, 9.17) is 0 Å². The van der Waals surface area contributed by atoms with Crippen molar-refractivity contribution in [2.24, 2.45) is 0 Å². The van der Waals surface area contributed by atoms with E-state index >= 15 is 0 Å². The molecule has 1 aromatic rings. The van der Waals surface area contributed by atoms with E-state index in [-0.39, 0.29) is 5.54 Å². The van der Waals surface area contributed by atoms with Crippen LogP contribution in [0, 0.1) is 3.57 Å². The van der Waals surface area contributed by atoms with Gasteiger partial charge in [0.2, 0.25) is 0 Å². The number of carbonyl (C=O) groups is 1. The van der Waals surface area contributed by atoms with Crippen molar-refractivity contribution >= 4 is 28.7 Å². The molecule has 1 N–H and O–H groups in total. The summed E-state index contributed by atoms with van der Waals surface area (Å²) in [5.74, 6) is 0. The lowest BCUT2D eigenvalue weighted by atomic mass is 10.1. The molecule has 3 nitrogen and oxygen atoms in total. The van der Waals surface area contributed by atoms with Crippen LogP contribution in [0.3, 0.4) is 0 Å². The van der Waals surface area contributed by atoms with Gasteiger partial charge in [-0.25, -0.2) is 4.79 Å². The van der Waals surface area contributed by atoms with E-state index in [1.165, 1.54) is 14.0 Å². The highest BCUT2D eigenvalue weighted by Crippen LogP contribution is 2.17. The Balaban J connectivity index is 2.72. The van der Waals surface area contributed by atoms with E-state index in [0.29, 0.717) is 6.54 Å². The molecule has 17 heavy (non-hydrogen) atoms. The molecule has 94 valence electrons. The first kappa shape index (κ1) is 14.3. The summed E-state index contributed by atoms with van der Waals surface area (Å²) in [6.07, 6.45) is -0.105. The number of hydrogen-bond acceptors (Lipinski definition) is 1. The number of amides is 1. The maximum atomic E-state index is 11.2. The first-order valence-corrected chi connectivity index (χ1v) is 6.64. The van der Waals surface area contributed by atoms with E-state index in [0.717, 1.165) is 6.42 Å². The Morgan fingerprint density at radius 2 is 1.94 bits per heavy atom. The second-order valence-electron chi connectivity index (χ2n) is 4.95. The predicted molar refractivity (Wildman–Crippen MR) is 77.3 cm³/mol. The molecular weight excluding hydrogens is 329 g/mol. The summed E-state index contributed by atoms with van der Waals surface area (Å²) in [6.45, 7) is 6.27. The van der Waals surface area contributed by atoms with Gasteiger partial charge >= 0.3 is 6.09 Å². The molecule has 0 saturated carbocycles. The Hall–Kier alpha value is -0.780. The average molecular weight is 347 g/mol. The minimum atomic E-state index is -0.858. The average Bonchev–Trinajstić information content (AvgIpc) is 2.18. The van der Waals surface area contributed by atoms with Crippen molar-refractivity contribution in [2.45, 2.75) is 32.7 Å². The van der Waals surface area contributed by atoms with Gasteiger partial charge in [-0.1, -0.05) is 18.2 Å². The van der Waals surface area contributed by atoms with Crippen LogP contribution in [0.5, 0.6) is 0 Å². The lowest BCUT2D eigenvalue weighted by Gasteiger charge is -2.33. The number of carboxylic acid groups (broad SMARTS) is 1. The van der Waals surface area contributed by atoms with Crippen molar-refractivity contribution in [1.82, 2.24) is 4.90 Å². The number of rotatable bonds is 3. The zero-order valence-electron chi connectivity index (χ0n) is 10.4. The summed E-state index contributed by atoms with van der Waals surface area (Å²) in [4.78, 5) is 12.7. The third kappa shape index (κ3) is 4.18. The van der Waals surface area contributed by atoms with Crippen LogP contribution in [-0.4, -0.2) is 28.2 Å². The van der Waals surface area contributed by atoms with Gasteiger partial charge in [0.15, 0.2) is 0 Å². The van der Waals surface area contributed by atoms with Crippen LogP contribution in [0.4, 0.5) is 4.79 Å².